The second-order valence-electron chi connectivity index (χ2n) is 5.24. The summed E-state index contributed by atoms with van der Waals surface area (Å²) in [6.45, 7) is 0. The van der Waals surface area contributed by atoms with E-state index in [2.05, 4.69) is 5.32 Å². The van der Waals surface area contributed by atoms with Crippen molar-refractivity contribution in [3.8, 4) is 0 Å². The second-order valence-corrected chi connectivity index (χ2v) is 5.65. The van der Waals surface area contributed by atoms with Crippen molar-refractivity contribution in [2.24, 2.45) is 0 Å². The Labute approximate surface area is 142 Å². The number of carbonyl (C=O) groups is 1. The summed E-state index contributed by atoms with van der Waals surface area (Å²) in [7, 11) is 0. The molecule has 0 aromatic heterocycles. The molecule has 0 amide bonds. The van der Waals surface area contributed by atoms with Gasteiger partial charge >= 0.3 is 12.1 Å². The first kappa shape index (κ1) is 18.3. The highest BCUT2D eigenvalue weighted by Gasteiger charge is 2.42. The van der Waals surface area contributed by atoms with E-state index in [4.69, 9.17) is 11.6 Å². The van der Waals surface area contributed by atoms with Gasteiger partial charge in [-0.1, -0.05) is 60.1 Å². The first-order valence-corrected chi connectivity index (χ1v) is 7.50. The number of hydrogen-bond donors (Lipinski definition) is 2. The zero-order chi connectivity index (χ0) is 17.7. The van der Waals surface area contributed by atoms with E-state index in [1.807, 2.05) is 0 Å². The summed E-state index contributed by atoms with van der Waals surface area (Å²) in [5.74, 6) is -1.37. The van der Waals surface area contributed by atoms with E-state index in [1.165, 1.54) is 24.3 Å². The molecule has 0 aliphatic rings. The van der Waals surface area contributed by atoms with Crippen molar-refractivity contribution in [3.05, 3.63) is 70.7 Å². The summed E-state index contributed by atoms with van der Waals surface area (Å²) >= 11 is 5.97. The van der Waals surface area contributed by atoms with Crippen LogP contribution in [0.25, 0.3) is 0 Å². The van der Waals surface area contributed by atoms with Crippen LogP contribution >= 0.6 is 11.6 Å². The lowest BCUT2D eigenvalue weighted by molar-refractivity contribution is -0.163. The number of aliphatic carboxylic acids is 1. The zero-order valence-electron chi connectivity index (χ0n) is 12.4. The molecule has 0 saturated heterocycles. The monoisotopic (exact) mass is 357 g/mol. The third kappa shape index (κ3) is 4.72. The van der Waals surface area contributed by atoms with E-state index >= 15 is 0 Å². The third-order valence-electron chi connectivity index (χ3n) is 3.51. The highest BCUT2D eigenvalue weighted by Crippen LogP contribution is 2.33. The predicted octanol–water partition coefficient (Wildman–Crippen LogP) is 4.23. The first-order valence-electron chi connectivity index (χ1n) is 7.13. The Morgan fingerprint density at radius 3 is 2.21 bits per heavy atom. The lowest BCUT2D eigenvalue weighted by atomic mass is 10.0. The van der Waals surface area contributed by atoms with Crippen LogP contribution in [0.2, 0.25) is 5.02 Å². The van der Waals surface area contributed by atoms with Gasteiger partial charge in [0.15, 0.2) is 0 Å². The maximum Gasteiger partial charge on any atom is 0.407 e. The number of carboxylic acid groups (broad SMARTS) is 1. The predicted molar refractivity (Wildman–Crippen MR) is 85.0 cm³/mol. The van der Waals surface area contributed by atoms with Crippen LogP contribution in [-0.2, 0) is 11.2 Å². The van der Waals surface area contributed by atoms with Crippen molar-refractivity contribution in [3.63, 3.8) is 0 Å². The van der Waals surface area contributed by atoms with Gasteiger partial charge in [0.1, 0.15) is 12.1 Å². The van der Waals surface area contributed by atoms with Crippen LogP contribution in [0.1, 0.15) is 17.2 Å². The van der Waals surface area contributed by atoms with Gasteiger partial charge in [-0.05, 0) is 23.6 Å². The fraction of sp³-hybridized carbons (Fsp3) is 0.235. The SMILES string of the molecule is O=C(O)[C@H](Cc1ccccc1Cl)N[C@@H](c1ccccc1)C(F)(F)F. The molecule has 7 heteroatoms. The molecule has 2 rings (SSSR count). The number of carboxylic acids is 1. The van der Waals surface area contributed by atoms with Gasteiger partial charge in [0.25, 0.3) is 0 Å². The minimum absolute atomic E-state index is 0.0459. The Morgan fingerprint density at radius 1 is 1.08 bits per heavy atom. The quantitative estimate of drug-likeness (QED) is 0.813. The summed E-state index contributed by atoms with van der Waals surface area (Å²) < 4.78 is 40.1. The molecule has 0 radical (unpaired) electrons. The van der Waals surface area contributed by atoms with E-state index in [0.717, 1.165) is 0 Å². The Bertz CT molecular complexity index is 692. The minimum Gasteiger partial charge on any atom is -0.480 e. The first-order chi connectivity index (χ1) is 11.3. The van der Waals surface area contributed by atoms with Crippen LogP contribution in [0.4, 0.5) is 13.2 Å². The summed E-state index contributed by atoms with van der Waals surface area (Å²) in [6.07, 6.45) is -4.79. The van der Waals surface area contributed by atoms with Gasteiger partial charge < -0.3 is 5.11 Å². The number of benzene rings is 2. The van der Waals surface area contributed by atoms with Gasteiger partial charge in [-0.3, -0.25) is 10.1 Å². The van der Waals surface area contributed by atoms with Crippen molar-refractivity contribution in [2.45, 2.75) is 24.7 Å². The Morgan fingerprint density at radius 2 is 1.67 bits per heavy atom. The van der Waals surface area contributed by atoms with Crippen LogP contribution in [0.5, 0.6) is 0 Å². The highest BCUT2D eigenvalue weighted by atomic mass is 35.5. The summed E-state index contributed by atoms with van der Waals surface area (Å²) in [5.41, 5.74) is 0.420. The fourth-order valence-electron chi connectivity index (χ4n) is 2.33. The van der Waals surface area contributed by atoms with Crippen LogP contribution in [0.3, 0.4) is 0 Å². The molecular weight excluding hydrogens is 343 g/mol. The topological polar surface area (TPSA) is 49.3 Å². The van der Waals surface area contributed by atoms with Gasteiger partial charge in [-0.25, -0.2) is 0 Å². The van der Waals surface area contributed by atoms with E-state index in [0.29, 0.717) is 10.6 Å². The van der Waals surface area contributed by atoms with E-state index in [1.54, 1.807) is 30.3 Å². The number of hydrogen-bond acceptors (Lipinski definition) is 2. The molecule has 2 aromatic carbocycles. The molecule has 0 spiro atoms. The molecule has 128 valence electrons. The number of rotatable bonds is 6. The molecule has 0 bridgehead atoms. The van der Waals surface area contributed by atoms with Crippen LogP contribution in [-0.4, -0.2) is 23.3 Å². The van der Waals surface area contributed by atoms with E-state index < -0.39 is 24.2 Å². The zero-order valence-corrected chi connectivity index (χ0v) is 13.2. The summed E-state index contributed by atoms with van der Waals surface area (Å²) in [6, 6.07) is 10.1. The average Bonchev–Trinajstić information content (AvgIpc) is 2.52. The molecule has 0 unspecified atom stereocenters. The van der Waals surface area contributed by atoms with Crippen molar-refractivity contribution in [2.75, 3.05) is 0 Å². The van der Waals surface area contributed by atoms with Crippen LogP contribution in [0, 0.1) is 0 Å². The standard InChI is InChI=1S/C17H15ClF3NO2/c18-13-9-5-4-8-12(13)10-14(16(23)24)22-15(17(19,20)21)11-6-2-1-3-7-11/h1-9,14-15,22H,10H2,(H,23,24)/t14-,15-/m0/s1. The smallest absolute Gasteiger partial charge is 0.407 e. The lowest BCUT2D eigenvalue weighted by Crippen LogP contribution is -2.45. The summed E-state index contributed by atoms with van der Waals surface area (Å²) in [4.78, 5) is 11.4. The van der Waals surface area contributed by atoms with Gasteiger partial charge in [0.05, 0.1) is 0 Å². The number of halogens is 4. The van der Waals surface area contributed by atoms with Crippen molar-refractivity contribution in [1.29, 1.82) is 0 Å². The molecule has 3 nitrogen and oxygen atoms in total. The molecule has 0 fully saturated rings. The number of alkyl halides is 3. The Hall–Kier alpha value is -2.05. The molecule has 2 atom stereocenters. The van der Waals surface area contributed by atoms with Gasteiger partial charge in [0.2, 0.25) is 0 Å². The number of nitrogens with one attached hydrogen (secondary N) is 1. The maximum absolute atomic E-state index is 13.4. The highest BCUT2D eigenvalue weighted by molar-refractivity contribution is 6.31. The normalized spacial score (nSPS) is 14.2. The van der Waals surface area contributed by atoms with Gasteiger partial charge in [0, 0.05) is 5.02 Å². The molecule has 0 heterocycles. The molecule has 0 saturated carbocycles. The van der Waals surface area contributed by atoms with Crippen molar-refractivity contribution in [1.82, 2.24) is 5.32 Å². The van der Waals surface area contributed by atoms with Crippen molar-refractivity contribution >= 4 is 17.6 Å². The molecule has 2 N–H and O–H groups in total. The summed E-state index contributed by atoms with van der Waals surface area (Å²) in [5, 5.41) is 11.8. The molecule has 2 aromatic rings. The molecule has 0 aliphatic carbocycles. The third-order valence-corrected chi connectivity index (χ3v) is 3.88. The van der Waals surface area contributed by atoms with Gasteiger partial charge in [-0.2, -0.15) is 13.2 Å². The second kappa shape index (κ2) is 7.68. The molecule has 0 aliphatic heterocycles. The largest absolute Gasteiger partial charge is 0.480 e. The molecular formula is C17H15ClF3NO2. The van der Waals surface area contributed by atoms with Crippen molar-refractivity contribution < 1.29 is 23.1 Å². The van der Waals surface area contributed by atoms with Crippen LogP contribution in [0.15, 0.2) is 54.6 Å². The lowest BCUT2D eigenvalue weighted by Gasteiger charge is -2.26. The van der Waals surface area contributed by atoms with Crippen LogP contribution < -0.4 is 5.32 Å². The maximum atomic E-state index is 13.4. The molecule has 24 heavy (non-hydrogen) atoms. The van der Waals surface area contributed by atoms with E-state index in [9.17, 15) is 23.1 Å². The fourth-order valence-corrected chi connectivity index (χ4v) is 2.54. The Kier molecular flexibility index (Phi) is 5.85. The minimum atomic E-state index is -4.63. The van der Waals surface area contributed by atoms with E-state index in [-0.39, 0.29) is 12.0 Å². The Balaban J connectivity index is 2.27. The average molecular weight is 358 g/mol. The van der Waals surface area contributed by atoms with Gasteiger partial charge in [-0.15, -0.1) is 0 Å².